The third-order valence-electron chi connectivity index (χ3n) is 4.23. The van der Waals surface area contributed by atoms with Crippen LogP contribution in [0.15, 0.2) is 42.9 Å². The van der Waals surface area contributed by atoms with Crippen LogP contribution in [0.4, 0.5) is 0 Å². The van der Waals surface area contributed by atoms with Gasteiger partial charge in [0.15, 0.2) is 0 Å². The average Bonchev–Trinajstić information content (AvgIpc) is 3.04. The van der Waals surface area contributed by atoms with E-state index in [1.165, 1.54) is 5.56 Å². The van der Waals surface area contributed by atoms with Gasteiger partial charge < -0.3 is 14.8 Å². The third kappa shape index (κ3) is 5.20. The van der Waals surface area contributed by atoms with E-state index in [4.69, 9.17) is 0 Å². The van der Waals surface area contributed by atoms with Gasteiger partial charge in [-0.15, -0.1) is 0 Å². The van der Waals surface area contributed by atoms with Crippen molar-refractivity contribution in [2.75, 3.05) is 27.2 Å². The Morgan fingerprint density at radius 3 is 2.46 bits per heavy atom. The Morgan fingerprint density at radius 2 is 1.88 bits per heavy atom. The molecule has 24 heavy (non-hydrogen) atoms. The van der Waals surface area contributed by atoms with Gasteiger partial charge in [-0.2, -0.15) is 0 Å². The number of carbonyl (C=O) groups is 1. The number of benzene rings is 1. The molecule has 0 aliphatic rings. The maximum atomic E-state index is 12.9. The van der Waals surface area contributed by atoms with Crippen molar-refractivity contribution in [3.63, 3.8) is 0 Å². The molecule has 0 aliphatic heterocycles. The van der Waals surface area contributed by atoms with E-state index in [9.17, 15) is 4.79 Å². The highest BCUT2D eigenvalue weighted by atomic mass is 16.2. The van der Waals surface area contributed by atoms with E-state index in [1.54, 1.807) is 12.5 Å². The predicted octanol–water partition coefficient (Wildman–Crippen LogP) is 2.67. The maximum absolute atomic E-state index is 12.9. The van der Waals surface area contributed by atoms with Gasteiger partial charge in [-0.25, -0.2) is 4.98 Å². The molecule has 5 heteroatoms. The van der Waals surface area contributed by atoms with Gasteiger partial charge in [-0.05, 0) is 25.1 Å². The van der Waals surface area contributed by atoms with Gasteiger partial charge in [0, 0.05) is 25.7 Å². The summed E-state index contributed by atoms with van der Waals surface area (Å²) in [6.07, 6.45) is 3.91. The number of nitrogens with zero attached hydrogens (tertiary/aromatic N) is 3. The van der Waals surface area contributed by atoms with Gasteiger partial charge in [0.1, 0.15) is 0 Å². The first kappa shape index (κ1) is 18.2. The number of nitrogens with one attached hydrogen (secondary N) is 1. The van der Waals surface area contributed by atoms with E-state index in [1.807, 2.05) is 37.2 Å². The summed E-state index contributed by atoms with van der Waals surface area (Å²) in [6, 6.07) is 10.2. The highest BCUT2D eigenvalue weighted by Crippen LogP contribution is 2.27. The molecule has 1 aromatic carbocycles. The molecule has 1 aromatic heterocycles. The first-order chi connectivity index (χ1) is 11.4. The number of H-pyrrole nitrogens is 1. The van der Waals surface area contributed by atoms with Crippen LogP contribution in [0.1, 0.15) is 31.5 Å². The lowest BCUT2D eigenvalue weighted by Crippen LogP contribution is -2.39. The van der Waals surface area contributed by atoms with Crippen LogP contribution in [0.2, 0.25) is 0 Å². The molecule has 5 nitrogen and oxygen atoms in total. The monoisotopic (exact) mass is 328 g/mol. The van der Waals surface area contributed by atoms with E-state index in [0.717, 1.165) is 12.2 Å². The summed E-state index contributed by atoms with van der Waals surface area (Å²) in [6.45, 7) is 6.36. The number of aromatic nitrogens is 2. The van der Waals surface area contributed by atoms with Gasteiger partial charge in [0.2, 0.25) is 5.91 Å². The van der Waals surface area contributed by atoms with Crippen LogP contribution in [0.25, 0.3) is 0 Å². The minimum Gasteiger partial charge on any atom is -0.347 e. The molecule has 1 heterocycles. The van der Waals surface area contributed by atoms with Crippen LogP contribution >= 0.6 is 0 Å². The van der Waals surface area contributed by atoms with Gasteiger partial charge in [-0.1, -0.05) is 44.2 Å². The first-order valence-corrected chi connectivity index (χ1v) is 8.34. The second-order valence-corrected chi connectivity index (χ2v) is 7.12. The molecule has 0 saturated carbocycles. The molecule has 2 rings (SSSR count). The molecule has 0 atom stereocenters. The number of rotatable bonds is 8. The smallest absolute Gasteiger partial charge is 0.223 e. The lowest BCUT2D eigenvalue weighted by atomic mass is 9.81. The summed E-state index contributed by atoms with van der Waals surface area (Å²) in [5, 5.41) is 0. The lowest BCUT2D eigenvalue weighted by Gasteiger charge is -2.30. The Hall–Kier alpha value is -2.14. The summed E-state index contributed by atoms with van der Waals surface area (Å²) in [5.41, 5.74) is 1.95. The Kier molecular flexibility index (Phi) is 6.15. The molecule has 0 unspecified atom stereocenters. The van der Waals surface area contributed by atoms with E-state index >= 15 is 0 Å². The van der Waals surface area contributed by atoms with Gasteiger partial charge >= 0.3 is 0 Å². The molecule has 0 bridgehead atoms. The minimum absolute atomic E-state index is 0.167. The van der Waals surface area contributed by atoms with Crippen LogP contribution in [0, 0.1) is 0 Å². The van der Waals surface area contributed by atoms with E-state index in [0.29, 0.717) is 19.5 Å². The van der Waals surface area contributed by atoms with E-state index in [2.05, 4.69) is 40.8 Å². The summed E-state index contributed by atoms with van der Waals surface area (Å²) < 4.78 is 0. The molecule has 0 aliphatic carbocycles. The van der Waals surface area contributed by atoms with Crippen molar-refractivity contribution in [3.8, 4) is 0 Å². The van der Waals surface area contributed by atoms with Crippen molar-refractivity contribution in [2.45, 2.75) is 32.2 Å². The fraction of sp³-hybridized carbons (Fsp3) is 0.474. The number of hydrogen-bond acceptors (Lipinski definition) is 3. The van der Waals surface area contributed by atoms with Crippen molar-refractivity contribution in [2.24, 2.45) is 0 Å². The Bertz CT molecular complexity index is 620. The zero-order valence-electron chi connectivity index (χ0n) is 15.1. The Labute approximate surface area is 144 Å². The lowest BCUT2D eigenvalue weighted by molar-refractivity contribution is -0.133. The summed E-state index contributed by atoms with van der Waals surface area (Å²) in [7, 11) is 4.04. The topological polar surface area (TPSA) is 52.2 Å². The van der Waals surface area contributed by atoms with Crippen molar-refractivity contribution in [1.29, 1.82) is 0 Å². The molecule has 1 amide bonds. The quantitative estimate of drug-likeness (QED) is 0.810. The highest BCUT2D eigenvalue weighted by molar-refractivity contribution is 5.77. The number of imidazole rings is 1. The number of likely N-dealkylation sites (N-methyl/N-ethyl adjacent to an activating group) is 1. The van der Waals surface area contributed by atoms with Gasteiger partial charge in [-0.3, -0.25) is 4.79 Å². The molecule has 130 valence electrons. The van der Waals surface area contributed by atoms with Crippen molar-refractivity contribution < 1.29 is 4.79 Å². The van der Waals surface area contributed by atoms with Crippen LogP contribution in [0.3, 0.4) is 0 Å². The van der Waals surface area contributed by atoms with Crippen LogP contribution < -0.4 is 0 Å². The van der Waals surface area contributed by atoms with Crippen molar-refractivity contribution in [1.82, 2.24) is 19.8 Å². The number of hydrogen-bond donors (Lipinski definition) is 1. The van der Waals surface area contributed by atoms with Crippen LogP contribution in [-0.2, 0) is 16.8 Å². The van der Waals surface area contributed by atoms with Gasteiger partial charge in [0.05, 0.1) is 18.6 Å². The molecule has 2 aromatic rings. The molecule has 0 saturated heterocycles. The summed E-state index contributed by atoms with van der Waals surface area (Å²) in [5.74, 6) is 0.167. The Morgan fingerprint density at radius 1 is 1.17 bits per heavy atom. The fourth-order valence-electron chi connectivity index (χ4n) is 2.67. The molecular formula is C19H28N4O. The number of carbonyl (C=O) groups excluding carboxylic acids is 1. The maximum Gasteiger partial charge on any atom is 0.223 e. The second kappa shape index (κ2) is 8.11. The summed E-state index contributed by atoms with van der Waals surface area (Å²) in [4.78, 5) is 24.1. The normalized spacial score (nSPS) is 11.7. The minimum atomic E-state index is -0.192. The van der Waals surface area contributed by atoms with Gasteiger partial charge in [0.25, 0.3) is 0 Å². The number of amides is 1. The SMILES string of the molecule is CN(C)CCN(Cc1cnc[nH]1)C(=O)CC(C)(C)c1ccccc1. The summed E-state index contributed by atoms with van der Waals surface area (Å²) >= 11 is 0. The molecule has 1 N–H and O–H groups in total. The zero-order chi connectivity index (χ0) is 17.6. The highest BCUT2D eigenvalue weighted by Gasteiger charge is 2.27. The van der Waals surface area contributed by atoms with E-state index < -0.39 is 0 Å². The second-order valence-electron chi connectivity index (χ2n) is 7.12. The van der Waals surface area contributed by atoms with Crippen molar-refractivity contribution in [3.05, 3.63) is 54.1 Å². The van der Waals surface area contributed by atoms with E-state index in [-0.39, 0.29) is 11.3 Å². The number of aromatic amines is 1. The average molecular weight is 328 g/mol. The molecular weight excluding hydrogens is 300 g/mol. The third-order valence-corrected chi connectivity index (χ3v) is 4.23. The molecule has 0 spiro atoms. The van der Waals surface area contributed by atoms with Crippen molar-refractivity contribution >= 4 is 5.91 Å². The largest absolute Gasteiger partial charge is 0.347 e. The fourth-order valence-corrected chi connectivity index (χ4v) is 2.67. The Balaban J connectivity index is 2.08. The molecule has 0 fully saturated rings. The first-order valence-electron chi connectivity index (χ1n) is 8.34. The molecule has 0 radical (unpaired) electrons. The standard InChI is InChI=1S/C19H28N4O/c1-19(2,16-8-6-5-7-9-16)12-18(24)23(11-10-22(3)4)14-17-13-20-15-21-17/h5-9,13,15H,10-12,14H2,1-4H3,(H,20,21). The predicted molar refractivity (Wildman–Crippen MR) is 96.6 cm³/mol. The van der Waals surface area contributed by atoms with Crippen LogP contribution in [-0.4, -0.2) is 52.9 Å². The van der Waals surface area contributed by atoms with Crippen LogP contribution in [0.5, 0.6) is 0 Å². The zero-order valence-corrected chi connectivity index (χ0v) is 15.1.